The van der Waals surface area contributed by atoms with Crippen molar-refractivity contribution in [3.63, 3.8) is 0 Å². The van der Waals surface area contributed by atoms with Gasteiger partial charge in [-0.1, -0.05) is 42.2 Å². The van der Waals surface area contributed by atoms with Crippen LogP contribution in [-0.2, 0) is 0 Å². The molecule has 0 saturated heterocycles. The van der Waals surface area contributed by atoms with Crippen LogP contribution >= 0.6 is 0 Å². The van der Waals surface area contributed by atoms with E-state index < -0.39 is 0 Å². The van der Waals surface area contributed by atoms with Gasteiger partial charge >= 0.3 is 0 Å². The lowest BCUT2D eigenvalue weighted by Crippen LogP contribution is -1.94. The average Bonchev–Trinajstić information content (AvgIpc) is 2.65. The Balaban J connectivity index is 2.78. The van der Waals surface area contributed by atoms with Gasteiger partial charge in [0.2, 0.25) is 0 Å². The van der Waals surface area contributed by atoms with Gasteiger partial charge in [0, 0.05) is 0 Å². The van der Waals surface area contributed by atoms with Gasteiger partial charge in [0.1, 0.15) is 0 Å². The van der Waals surface area contributed by atoms with Crippen LogP contribution in [0, 0.1) is 6.92 Å². The highest BCUT2D eigenvalue weighted by Crippen LogP contribution is 2.05. The fourth-order valence-corrected chi connectivity index (χ4v) is 1.08. The van der Waals surface area contributed by atoms with E-state index >= 15 is 0 Å². The molecular weight excluding hydrogens is 186 g/mol. The van der Waals surface area contributed by atoms with Crippen LogP contribution in [0.3, 0.4) is 0 Å². The van der Waals surface area contributed by atoms with Crippen LogP contribution in [0.1, 0.15) is 12.6 Å². The number of rotatable bonds is 4. The highest BCUT2D eigenvalue weighted by Gasteiger charge is 1.97. The molecule has 1 aromatic heterocycles. The molecule has 0 aromatic carbocycles. The third kappa shape index (κ3) is 3.38. The Morgan fingerprint density at radius 1 is 1.40 bits per heavy atom. The van der Waals surface area contributed by atoms with Crippen molar-refractivity contribution in [2.75, 3.05) is 0 Å². The average molecular weight is 201 g/mol. The second kappa shape index (κ2) is 5.75. The zero-order valence-electron chi connectivity index (χ0n) is 9.09. The first-order valence-electron chi connectivity index (χ1n) is 4.79. The molecule has 0 bridgehead atoms. The van der Waals surface area contributed by atoms with E-state index in [1.54, 1.807) is 10.8 Å². The van der Waals surface area contributed by atoms with E-state index in [1.165, 1.54) is 0 Å². The molecule has 0 aliphatic carbocycles. The van der Waals surface area contributed by atoms with Crippen molar-refractivity contribution in [2.45, 2.75) is 13.8 Å². The molecular formula is C12H15N3. The topological polar surface area (TPSA) is 30.7 Å². The Morgan fingerprint density at radius 3 is 2.73 bits per heavy atom. The van der Waals surface area contributed by atoms with Gasteiger partial charge in [-0.25, -0.2) is 4.68 Å². The minimum atomic E-state index is 0.907. The largest absolute Gasteiger partial charge is 0.221 e. The van der Waals surface area contributed by atoms with Gasteiger partial charge in [-0.2, -0.15) is 0 Å². The Morgan fingerprint density at radius 2 is 2.20 bits per heavy atom. The quantitative estimate of drug-likeness (QED) is 0.701. The van der Waals surface area contributed by atoms with Crippen LogP contribution in [0.25, 0.3) is 5.70 Å². The molecule has 3 nitrogen and oxygen atoms in total. The molecule has 0 spiro atoms. The minimum absolute atomic E-state index is 0.907. The van der Waals surface area contributed by atoms with Gasteiger partial charge < -0.3 is 0 Å². The first kappa shape index (κ1) is 11.2. The third-order valence-corrected chi connectivity index (χ3v) is 1.79. The fraction of sp³-hybridized carbons (Fsp3) is 0.167. The lowest BCUT2D eigenvalue weighted by atomic mass is 10.3. The first-order valence-corrected chi connectivity index (χ1v) is 4.79. The lowest BCUT2D eigenvalue weighted by molar-refractivity contribution is 0.820. The number of aryl methyl sites for hydroxylation is 1. The fourth-order valence-electron chi connectivity index (χ4n) is 1.08. The molecule has 0 saturated carbocycles. The first-order chi connectivity index (χ1) is 7.27. The van der Waals surface area contributed by atoms with Crippen LogP contribution in [0.4, 0.5) is 0 Å². The Labute approximate surface area is 90.1 Å². The summed E-state index contributed by atoms with van der Waals surface area (Å²) >= 11 is 0. The Kier molecular flexibility index (Phi) is 4.29. The molecule has 0 aliphatic rings. The van der Waals surface area contributed by atoms with Gasteiger partial charge in [0.05, 0.1) is 17.6 Å². The van der Waals surface area contributed by atoms with Gasteiger partial charge in [-0.05, 0) is 19.9 Å². The molecule has 1 aromatic rings. The zero-order valence-corrected chi connectivity index (χ0v) is 9.09. The summed E-state index contributed by atoms with van der Waals surface area (Å²) in [6.45, 7) is 7.48. The highest BCUT2D eigenvalue weighted by atomic mass is 15.4. The van der Waals surface area contributed by atoms with Crippen molar-refractivity contribution in [2.24, 2.45) is 0 Å². The van der Waals surface area contributed by atoms with E-state index in [1.807, 2.05) is 50.4 Å². The smallest absolute Gasteiger partial charge is 0.0800 e. The number of nitrogens with zero attached hydrogens (tertiary/aromatic N) is 3. The number of hydrogen-bond donors (Lipinski definition) is 0. The summed E-state index contributed by atoms with van der Waals surface area (Å²) in [5.74, 6) is 0. The van der Waals surface area contributed by atoms with Crippen LogP contribution in [0.2, 0.25) is 0 Å². The highest BCUT2D eigenvalue weighted by molar-refractivity contribution is 5.56. The Hall–Kier alpha value is -1.90. The molecule has 78 valence electrons. The summed E-state index contributed by atoms with van der Waals surface area (Å²) < 4.78 is 1.74. The predicted molar refractivity (Wildman–Crippen MR) is 63.2 cm³/mol. The lowest BCUT2D eigenvalue weighted by Gasteiger charge is -1.97. The molecule has 0 atom stereocenters. The van der Waals surface area contributed by atoms with E-state index in [0.29, 0.717) is 0 Å². The number of aromatic nitrogens is 3. The van der Waals surface area contributed by atoms with Gasteiger partial charge in [-0.3, -0.25) is 0 Å². The van der Waals surface area contributed by atoms with Crippen LogP contribution < -0.4 is 0 Å². The maximum absolute atomic E-state index is 3.99. The van der Waals surface area contributed by atoms with Gasteiger partial charge in [0.25, 0.3) is 0 Å². The number of allylic oxidation sites excluding steroid dienone is 7. The van der Waals surface area contributed by atoms with E-state index in [2.05, 4.69) is 16.9 Å². The summed E-state index contributed by atoms with van der Waals surface area (Å²) in [5.41, 5.74) is 1.90. The van der Waals surface area contributed by atoms with E-state index in [0.717, 1.165) is 11.4 Å². The molecule has 3 heteroatoms. The maximum atomic E-state index is 3.99. The molecule has 0 unspecified atom stereocenters. The normalized spacial score (nSPS) is 12.8. The van der Waals surface area contributed by atoms with Crippen molar-refractivity contribution < 1.29 is 0 Å². The van der Waals surface area contributed by atoms with E-state index in [9.17, 15) is 0 Å². The summed E-state index contributed by atoms with van der Waals surface area (Å²) in [6, 6.07) is 0. The second-order valence-electron chi connectivity index (χ2n) is 3.00. The molecule has 1 heterocycles. The third-order valence-electron chi connectivity index (χ3n) is 1.79. The standard InChI is InChI=1S/C12H15N3/c1-4-6-7-8-9-12(5-2)15-10-11(3)13-14-15/h4-10H,1H2,2-3H3/b7-6-,9-8-,12-5+. The SMILES string of the molecule is C=C\C=C/C=C\C(=C/C)n1cc(C)nn1. The minimum Gasteiger partial charge on any atom is -0.221 e. The number of hydrogen-bond acceptors (Lipinski definition) is 2. The van der Waals surface area contributed by atoms with E-state index in [-0.39, 0.29) is 0 Å². The summed E-state index contributed by atoms with van der Waals surface area (Å²) in [6.07, 6.45) is 13.3. The van der Waals surface area contributed by atoms with Crippen molar-refractivity contribution in [3.05, 3.63) is 54.9 Å². The summed E-state index contributed by atoms with van der Waals surface area (Å²) in [7, 11) is 0. The van der Waals surface area contributed by atoms with Gasteiger partial charge in [-0.15, -0.1) is 5.10 Å². The molecule has 0 N–H and O–H groups in total. The van der Waals surface area contributed by atoms with Crippen molar-refractivity contribution in [1.82, 2.24) is 15.0 Å². The zero-order chi connectivity index (χ0) is 11.1. The molecule has 0 aliphatic heterocycles. The molecule has 15 heavy (non-hydrogen) atoms. The predicted octanol–water partition coefficient (Wildman–Crippen LogP) is 2.75. The molecule has 0 fully saturated rings. The maximum Gasteiger partial charge on any atom is 0.0800 e. The summed E-state index contributed by atoms with van der Waals surface area (Å²) in [4.78, 5) is 0. The van der Waals surface area contributed by atoms with Crippen molar-refractivity contribution in [1.29, 1.82) is 0 Å². The van der Waals surface area contributed by atoms with Crippen LogP contribution in [-0.4, -0.2) is 15.0 Å². The molecule has 0 amide bonds. The van der Waals surface area contributed by atoms with E-state index in [4.69, 9.17) is 0 Å². The van der Waals surface area contributed by atoms with Crippen LogP contribution in [0.5, 0.6) is 0 Å². The molecule has 1 rings (SSSR count). The second-order valence-corrected chi connectivity index (χ2v) is 3.00. The Bertz CT molecular complexity index is 408. The van der Waals surface area contributed by atoms with Crippen LogP contribution in [0.15, 0.2) is 49.2 Å². The monoisotopic (exact) mass is 201 g/mol. The van der Waals surface area contributed by atoms with Crippen molar-refractivity contribution in [3.8, 4) is 0 Å². The van der Waals surface area contributed by atoms with Gasteiger partial charge in [0.15, 0.2) is 0 Å². The summed E-state index contributed by atoms with van der Waals surface area (Å²) in [5, 5.41) is 7.92. The molecule has 0 radical (unpaired) electrons. The van der Waals surface area contributed by atoms with Crippen molar-refractivity contribution >= 4 is 5.70 Å².